The van der Waals surface area contributed by atoms with Crippen LogP contribution in [0.1, 0.15) is 18.2 Å². The number of aromatic nitrogens is 2. The highest BCUT2D eigenvalue weighted by atomic mass is 32.2. The van der Waals surface area contributed by atoms with E-state index in [2.05, 4.69) is 4.98 Å². The lowest BCUT2D eigenvalue weighted by atomic mass is 10.3. The van der Waals surface area contributed by atoms with Crippen LogP contribution in [0.25, 0.3) is 0 Å². The Hall–Kier alpha value is -0.620. The molecule has 1 atom stereocenters. The fourth-order valence-electron chi connectivity index (χ4n) is 1.80. The van der Waals surface area contributed by atoms with Gasteiger partial charge in [-0.2, -0.15) is 0 Å². The molecular formula is C8H12N2O2S2. The third kappa shape index (κ3) is 1.76. The van der Waals surface area contributed by atoms with Crippen LogP contribution in [0.2, 0.25) is 0 Å². The number of H-pyrrole nitrogens is 1. The maximum Gasteiger partial charge on any atom is 0.177 e. The zero-order chi connectivity index (χ0) is 10.3. The van der Waals surface area contributed by atoms with Crippen molar-refractivity contribution in [2.75, 3.05) is 11.5 Å². The summed E-state index contributed by atoms with van der Waals surface area (Å²) < 4.78 is 25.0. The topological polar surface area (TPSA) is 54.9 Å². The number of nitrogens with zero attached hydrogens (tertiary/aromatic N) is 1. The first-order valence-electron chi connectivity index (χ1n) is 4.46. The highest BCUT2D eigenvalue weighted by Crippen LogP contribution is 2.23. The molecule has 14 heavy (non-hydrogen) atoms. The molecule has 0 bridgehead atoms. The second kappa shape index (κ2) is 3.20. The minimum atomic E-state index is -2.83. The van der Waals surface area contributed by atoms with E-state index >= 15 is 0 Å². The third-order valence-electron chi connectivity index (χ3n) is 2.47. The molecule has 1 aromatic rings. The molecule has 1 saturated heterocycles. The van der Waals surface area contributed by atoms with E-state index < -0.39 is 9.84 Å². The van der Waals surface area contributed by atoms with E-state index in [0.29, 0.717) is 11.2 Å². The molecule has 1 aliphatic rings. The smallest absolute Gasteiger partial charge is 0.177 e. The zero-order valence-electron chi connectivity index (χ0n) is 7.86. The summed E-state index contributed by atoms with van der Waals surface area (Å²) in [5, 5.41) is 0. The van der Waals surface area contributed by atoms with Gasteiger partial charge >= 0.3 is 0 Å². The summed E-state index contributed by atoms with van der Waals surface area (Å²) in [6, 6.07) is 0.0254. The van der Waals surface area contributed by atoms with Gasteiger partial charge in [-0.05, 0) is 25.6 Å². The first-order chi connectivity index (χ1) is 6.48. The fraction of sp³-hybridized carbons (Fsp3) is 0.625. The van der Waals surface area contributed by atoms with Crippen LogP contribution in [-0.4, -0.2) is 29.5 Å². The van der Waals surface area contributed by atoms with E-state index in [9.17, 15) is 8.42 Å². The van der Waals surface area contributed by atoms with Crippen molar-refractivity contribution in [2.24, 2.45) is 0 Å². The van der Waals surface area contributed by atoms with Gasteiger partial charge in [-0.3, -0.25) is 0 Å². The summed E-state index contributed by atoms with van der Waals surface area (Å²) >= 11 is 5.10. The van der Waals surface area contributed by atoms with Crippen molar-refractivity contribution in [1.82, 2.24) is 9.55 Å². The van der Waals surface area contributed by atoms with Gasteiger partial charge in [0, 0.05) is 11.9 Å². The first kappa shape index (κ1) is 9.92. The van der Waals surface area contributed by atoms with Crippen molar-refractivity contribution in [3.8, 4) is 0 Å². The molecule has 2 rings (SSSR count). The number of hydrogen-bond acceptors (Lipinski definition) is 3. The predicted molar refractivity (Wildman–Crippen MR) is 56.7 cm³/mol. The molecule has 0 saturated carbocycles. The summed E-state index contributed by atoms with van der Waals surface area (Å²) in [7, 11) is -2.83. The fourth-order valence-corrected chi connectivity index (χ4v) is 3.87. The van der Waals surface area contributed by atoms with E-state index in [4.69, 9.17) is 12.2 Å². The van der Waals surface area contributed by atoms with E-state index in [0.717, 1.165) is 5.69 Å². The van der Waals surface area contributed by atoms with Crippen LogP contribution in [0.5, 0.6) is 0 Å². The average Bonchev–Trinajstić information content (AvgIpc) is 2.55. The van der Waals surface area contributed by atoms with Crippen LogP contribution in [0.3, 0.4) is 0 Å². The van der Waals surface area contributed by atoms with E-state index in [1.807, 2.05) is 17.7 Å². The Balaban J connectivity index is 2.34. The van der Waals surface area contributed by atoms with E-state index in [1.165, 1.54) is 0 Å². The molecule has 0 amide bonds. The number of sulfone groups is 1. The normalized spacial score (nSPS) is 25.4. The molecule has 6 heteroatoms. The lowest BCUT2D eigenvalue weighted by Crippen LogP contribution is -2.10. The molecule has 1 fully saturated rings. The summed E-state index contributed by atoms with van der Waals surface area (Å²) in [5.41, 5.74) is 0.972. The lowest BCUT2D eigenvalue weighted by Gasteiger charge is -2.08. The minimum Gasteiger partial charge on any atom is -0.335 e. The van der Waals surface area contributed by atoms with Crippen molar-refractivity contribution in [3.63, 3.8) is 0 Å². The SMILES string of the molecule is Cc1cn(C2CCS(=O)(=O)C2)c(=S)[nH]1. The number of rotatable bonds is 1. The Kier molecular flexibility index (Phi) is 2.27. The Labute approximate surface area is 87.9 Å². The molecule has 0 aliphatic carbocycles. The predicted octanol–water partition coefficient (Wildman–Crippen LogP) is 1.21. The summed E-state index contributed by atoms with van der Waals surface area (Å²) in [6.07, 6.45) is 2.56. The molecule has 1 N–H and O–H groups in total. The number of aryl methyl sites for hydroxylation is 1. The maximum absolute atomic E-state index is 11.3. The average molecular weight is 232 g/mol. The largest absolute Gasteiger partial charge is 0.335 e. The second-order valence-corrected chi connectivity index (χ2v) is 6.32. The maximum atomic E-state index is 11.3. The highest BCUT2D eigenvalue weighted by molar-refractivity contribution is 7.91. The van der Waals surface area contributed by atoms with Crippen LogP contribution in [0.15, 0.2) is 6.20 Å². The number of aromatic amines is 1. The molecule has 2 heterocycles. The standard InChI is InChI=1S/C8H12N2O2S2/c1-6-4-10(8(13)9-6)7-2-3-14(11,12)5-7/h4,7H,2-3,5H2,1H3,(H,9,13). The molecular weight excluding hydrogens is 220 g/mol. The van der Waals surface area contributed by atoms with Crippen molar-refractivity contribution < 1.29 is 8.42 Å². The van der Waals surface area contributed by atoms with E-state index in [-0.39, 0.29) is 17.5 Å². The first-order valence-corrected chi connectivity index (χ1v) is 6.69. The number of hydrogen-bond donors (Lipinski definition) is 1. The van der Waals surface area contributed by atoms with Crippen molar-refractivity contribution >= 4 is 22.1 Å². The number of imidazole rings is 1. The van der Waals surface area contributed by atoms with Crippen molar-refractivity contribution in [2.45, 2.75) is 19.4 Å². The molecule has 1 aromatic heterocycles. The van der Waals surface area contributed by atoms with Gasteiger partial charge in [0.25, 0.3) is 0 Å². The number of nitrogens with one attached hydrogen (secondary N) is 1. The van der Waals surface area contributed by atoms with Crippen molar-refractivity contribution in [3.05, 3.63) is 16.7 Å². The lowest BCUT2D eigenvalue weighted by molar-refractivity contribution is 0.549. The monoisotopic (exact) mass is 232 g/mol. The molecule has 1 aliphatic heterocycles. The molecule has 4 nitrogen and oxygen atoms in total. The zero-order valence-corrected chi connectivity index (χ0v) is 9.49. The Morgan fingerprint density at radius 1 is 1.64 bits per heavy atom. The van der Waals surface area contributed by atoms with Gasteiger partial charge in [0.2, 0.25) is 0 Å². The van der Waals surface area contributed by atoms with Crippen molar-refractivity contribution in [1.29, 1.82) is 0 Å². The molecule has 0 radical (unpaired) electrons. The minimum absolute atomic E-state index is 0.0254. The Bertz CT molecular complexity index is 498. The van der Waals surface area contributed by atoms with Gasteiger partial charge < -0.3 is 9.55 Å². The second-order valence-electron chi connectivity index (χ2n) is 3.71. The van der Waals surface area contributed by atoms with Crippen LogP contribution >= 0.6 is 12.2 Å². The summed E-state index contributed by atoms with van der Waals surface area (Å²) in [4.78, 5) is 2.99. The Morgan fingerprint density at radius 3 is 2.79 bits per heavy atom. The third-order valence-corrected chi connectivity index (χ3v) is 4.54. The van der Waals surface area contributed by atoms with Crippen LogP contribution in [0, 0.1) is 11.7 Å². The molecule has 1 unspecified atom stereocenters. The van der Waals surface area contributed by atoms with E-state index in [1.54, 1.807) is 0 Å². The Morgan fingerprint density at radius 2 is 2.36 bits per heavy atom. The highest BCUT2D eigenvalue weighted by Gasteiger charge is 2.29. The molecule has 0 aromatic carbocycles. The van der Waals surface area contributed by atoms with Gasteiger partial charge in [-0.15, -0.1) is 0 Å². The van der Waals surface area contributed by atoms with Gasteiger partial charge in [-0.25, -0.2) is 8.42 Å². The molecule has 0 spiro atoms. The van der Waals surface area contributed by atoms with Gasteiger partial charge in [-0.1, -0.05) is 0 Å². The van der Waals surface area contributed by atoms with Gasteiger partial charge in [0.1, 0.15) is 0 Å². The van der Waals surface area contributed by atoms with Gasteiger partial charge in [0.15, 0.2) is 14.6 Å². The van der Waals surface area contributed by atoms with Crippen LogP contribution in [0.4, 0.5) is 0 Å². The van der Waals surface area contributed by atoms with Crippen LogP contribution in [-0.2, 0) is 9.84 Å². The summed E-state index contributed by atoms with van der Waals surface area (Å²) in [6.45, 7) is 1.91. The summed E-state index contributed by atoms with van der Waals surface area (Å²) in [5.74, 6) is 0.502. The van der Waals surface area contributed by atoms with Crippen LogP contribution < -0.4 is 0 Å². The van der Waals surface area contributed by atoms with Gasteiger partial charge in [0.05, 0.1) is 17.5 Å². The molecule has 78 valence electrons. The quantitative estimate of drug-likeness (QED) is 0.741.